The summed E-state index contributed by atoms with van der Waals surface area (Å²) < 4.78 is 11.3. The maximum atomic E-state index is 6.53. The Kier molecular flexibility index (Phi) is 6.66. The van der Waals surface area contributed by atoms with Crippen molar-refractivity contribution in [1.29, 1.82) is 0 Å². The average Bonchev–Trinajstić information content (AvgIpc) is 3.95. The van der Waals surface area contributed by atoms with Crippen molar-refractivity contribution in [3.05, 3.63) is 194 Å². The Morgan fingerprint density at radius 1 is 0.356 bits per heavy atom. The van der Waals surface area contributed by atoms with Gasteiger partial charge in [-0.15, -0.1) is 0 Å². The summed E-state index contributed by atoms with van der Waals surface area (Å²) in [6.45, 7) is 0. The zero-order chi connectivity index (χ0) is 38.6. The predicted molar refractivity (Wildman–Crippen MR) is 244 cm³/mol. The number of fused-ring (bicyclic) bond motifs is 12. The zero-order valence-electron chi connectivity index (χ0n) is 31.7. The molecule has 9 aromatic carbocycles. The van der Waals surface area contributed by atoms with Crippen LogP contribution in [0.25, 0.3) is 121 Å². The number of para-hydroxylation sites is 3. The largest absolute Gasteiger partial charge is 0.456 e. The Morgan fingerprint density at radius 2 is 1.02 bits per heavy atom. The van der Waals surface area contributed by atoms with Crippen LogP contribution < -0.4 is 0 Å². The van der Waals surface area contributed by atoms with Crippen LogP contribution in [0.5, 0.6) is 0 Å². The van der Waals surface area contributed by atoms with Gasteiger partial charge in [0.05, 0.1) is 33.3 Å². The minimum absolute atomic E-state index is 0.698. The zero-order valence-corrected chi connectivity index (χ0v) is 31.7. The molecule has 5 heteroatoms. The molecule has 0 amide bonds. The van der Waals surface area contributed by atoms with E-state index in [1.54, 1.807) is 0 Å². The normalized spacial score (nSPS) is 12.1. The lowest BCUT2D eigenvalue weighted by molar-refractivity contribution is 0.669. The summed E-state index contributed by atoms with van der Waals surface area (Å²) in [6.07, 6.45) is 0. The second kappa shape index (κ2) is 12.2. The van der Waals surface area contributed by atoms with E-state index in [2.05, 4.69) is 179 Å². The molecule has 0 N–H and O–H groups in total. The lowest BCUT2D eigenvalue weighted by Gasteiger charge is -2.12. The summed E-state index contributed by atoms with van der Waals surface area (Å²) in [5.74, 6) is 0.698. The van der Waals surface area contributed by atoms with E-state index in [0.29, 0.717) is 5.82 Å². The molecule has 0 saturated carbocycles. The SMILES string of the molecule is c1ccc(-c2nc(-c3ccc(-n4c5cc6oc7ccccc7c6cc5c5c6c7ccccc7n(-c7ccc8ccccc8c7)c6ccc54)cc3)nc3ccccc23)cc1. The molecule has 5 nitrogen and oxygen atoms in total. The molecule has 274 valence electrons. The van der Waals surface area contributed by atoms with Gasteiger partial charge >= 0.3 is 0 Å². The highest BCUT2D eigenvalue weighted by Gasteiger charge is 2.23. The number of hydrogen-bond acceptors (Lipinski definition) is 3. The fourth-order valence-electron chi connectivity index (χ4n) is 9.44. The molecule has 4 heterocycles. The number of rotatable bonds is 4. The minimum atomic E-state index is 0.698. The van der Waals surface area contributed by atoms with Crippen LogP contribution in [-0.4, -0.2) is 19.1 Å². The Balaban J connectivity index is 1.07. The van der Waals surface area contributed by atoms with E-state index in [4.69, 9.17) is 14.4 Å². The molecular formula is C54H32N4O. The van der Waals surface area contributed by atoms with Crippen LogP contribution in [0.15, 0.2) is 199 Å². The lowest BCUT2D eigenvalue weighted by atomic mass is 10.0. The summed E-state index contributed by atoms with van der Waals surface area (Å²) in [5.41, 5.74) is 12.4. The first kappa shape index (κ1) is 32.1. The summed E-state index contributed by atoms with van der Waals surface area (Å²) >= 11 is 0. The highest BCUT2D eigenvalue weighted by atomic mass is 16.3. The molecule has 0 atom stereocenters. The van der Waals surface area contributed by atoms with Gasteiger partial charge in [-0.25, -0.2) is 9.97 Å². The summed E-state index contributed by atoms with van der Waals surface area (Å²) in [6, 6.07) is 69.0. The van der Waals surface area contributed by atoms with Crippen molar-refractivity contribution in [1.82, 2.24) is 19.1 Å². The van der Waals surface area contributed by atoms with Crippen molar-refractivity contribution < 1.29 is 4.42 Å². The van der Waals surface area contributed by atoms with E-state index in [9.17, 15) is 0 Å². The topological polar surface area (TPSA) is 48.8 Å². The second-order valence-corrected chi connectivity index (χ2v) is 15.4. The molecule has 0 bridgehead atoms. The van der Waals surface area contributed by atoms with Gasteiger partial charge in [0.25, 0.3) is 0 Å². The molecule has 4 aromatic heterocycles. The molecule has 59 heavy (non-hydrogen) atoms. The number of aromatic nitrogens is 4. The smallest absolute Gasteiger partial charge is 0.160 e. The first-order chi connectivity index (χ1) is 29.2. The second-order valence-electron chi connectivity index (χ2n) is 15.4. The Labute approximate surface area is 337 Å². The first-order valence-electron chi connectivity index (χ1n) is 20.0. The van der Waals surface area contributed by atoms with Crippen LogP contribution in [-0.2, 0) is 0 Å². The molecule has 0 aliphatic carbocycles. The quantitative estimate of drug-likeness (QED) is 0.180. The fraction of sp³-hybridized carbons (Fsp3) is 0. The maximum absolute atomic E-state index is 6.53. The number of benzene rings is 9. The molecule has 13 aromatic rings. The number of hydrogen-bond donors (Lipinski definition) is 0. The van der Waals surface area contributed by atoms with Crippen molar-refractivity contribution in [2.24, 2.45) is 0 Å². The molecule has 0 spiro atoms. The molecular weight excluding hydrogens is 721 g/mol. The Morgan fingerprint density at radius 3 is 1.86 bits per heavy atom. The molecule has 0 saturated heterocycles. The molecule has 0 aliphatic rings. The van der Waals surface area contributed by atoms with Gasteiger partial charge in [-0.1, -0.05) is 115 Å². The van der Waals surface area contributed by atoms with Gasteiger partial charge in [0.1, 0.15) is 11.2 Å². The van der Waals surface area contributed by atoms with Gasteiger partial charge in [-0.2, -0.15) is 0 Å². The third kappa shape index (κ3) is 4.73. The molecule has 0 fully saturated rings. The summed E-state index contributed by atoms with van der Waals surface area (Å²) in [5, 5.41) is 10.6. The molecule has 13 rings (SSSR count). The van der Waals surface area contributed by atoms with E-state index in [1.165, 1.54) is 43.4 Å². The monoisotopic (exact) mass is 752 g/mol. The van der Waals surface area contributed by atoms with Gasteiger partial charge < -0.3 is 13.6 Å². The van der Waals surface area contributed by atoms with Crippen molar-refractivity contribution in [3.63, 3.8) is 0 Å². The Hall–Kier alpha value is -8.02. The maximum Gasteiger partial charge on any atom is 0.160 e. The van der Waals surface area contributed by atoms with E-state index < -0.39 is 0 Å². The van der Waals surface area contributed by atoms with Crippen molar-refractivity contribution >= 4 is 87.2 Å². The van der Waals surface area contributed by atoms with Crippen molar-refractivity contribution in [2.45, 2.75) is 0 Å². The van der Waals surface area contributed by atoms with Crippen LogP contribution in [0.2, 0.25) is 0 Å². The van der Waals surface area contributed by atoms with Crippen LogP contribution >= 0.6 is 0 Å². The van der Waals surface area contributed by atoms with Gasteiger partial charge in [0.15, 0.2) is 5.82 Å². The van der Waals surface area contributed by atoms with E-state index in [1.807, 2.05) is 24.3 Å². The molecule has 0 aliphatic heterocycles. The van der Waals surface area contributed by atoms with Crippen molar-refractivity contribution in [2.75, 3.05) is 0 Å². The lowest BCUT2D eigenvalue weighted by Crippen LogP contribution is -1.97. The van der Waals surface area contributed by atoms with Gasteiger partial charge in [-0.3, -0.25) is 0 Å². The third-order valence-corrected chi connectivity index (χ3v) is 12.1. The summed E-state index contributed by atoms with van der Waals surface area (Å²) in [4.78, 5) is 10.2. The molecule has 0 unspecified atom stereocenters. The third-order valence-electron chi connectivity index (χ3n) is 12.1. The first-order valence-corrected chi connectivity index (χ1v) is 20.0. The summed E-state index contributed by atoms with van der Waals surface area (Å²) in [7, 11) is 0. The van der Waals surface area contributed by atoms with Gasteiger partial charge in [0.2, 0.25) is 0 Å². The minimum Gasteiger partial charge on any atom is -0.456 e. The van der Waals surface area contributed by atoms with Crippen LogP contribution in [0, 0.1) is 0 Å². The van der Waals surface area contributed by atoms with Gasteiger partial charge in [0, 0.05) is 66.3 Å². The average molecular weight is 753 g/mol. The van der Waals surface area contributed by atoms with Crippen molar-refractivity contribution in [3.8, 4) is 34.0 Å². The van der Waals surface area contributed by atoms with E-state index in [0.717, 1.165) is 72.1 Å². The van der Waals surface area contributed by atoms with Crippen LogP contribution in [0.4, 0.5) is 0 Å². The highest BCUT2D eigenvalue weighted by Crippen LogP contribution is 2.45. The van der Waals surface area contributed by atoms with Gasteiger partial charge in [-0.05, 0) is 83.6 Å². The van der Waals surface area contributed by atoms with E-state index in [-0.39, 0.29) is 0 Å². The molecule has 0 radical (unpaired) electrons. The van der Waals surface area contributed by atoms with Crippen LogP contribution in [0.3, 0.4) is 0 Å². The Bertz CT molecular complexity index is 3830. The standard InChI is InChI=1S/C54H32N4O/c1-2-13-34(14-3-1)53-40-17-6-9-19-44(40)55-54(56-53)35-23-25-37(26-24-35)57-47-29-28-46-51(52(47)43-31-42-39-16-8-11-21-49(39)59-50(42)32-48(43)57)41-18-7-10-20-45(41)58(46)38-27-22-33-12-4-5-15-36(33)30-38/h1-32H. The van der Waals surface area contributed by atoms with E-state index >= 15 is 0 Å². The van der Waals surface area contributed by atoms with Crippen LogP contribution in [0.1, 0.15) is 0 Å². The predicted octanol–water partition coefficient (Wildman–Crippen LogP) is 14.2. The number of nitrogens with zero attached hydrogens (tertiary/aromatic N) is 4. The highest BCUT2D eigenvalue weighted by molar-refractivity contribution is 6.30. The number of furan rings is 1. The fourth-order valence-corrected chi connectivity index (χ4v) is 9.44.